The van der Waals surface area contributed by atoms with E-state index in [0.29, 0.717) is 31.7 Å². The molecule has 1 atom stereocenters. The number of aromatic nitrogens is 1. The van der Waals surface area contributed by atoms with Crippen LogP contribution in [0.5, 0.6) is 5.75 Å². The van der Waals surface area contributed by atoms with E-state index < -0.39 is 0 Å². The highest BCUT2D eigenvalue weighted by atomic mass is 16.5. The Morgan fingerprint density at radius 1 is 1.17 bits per heavy atom. The van der Waals surface area contributed by atoms with Crippen LogP contribution >= 0.6 is 0 Å². The number of likely N-dealkylation sites (tertiary alicyclic amines) is 1. The fraction of sp³-hybridized carbons (Fsp3) is 0.333. The Hall–Kier alpha value is -3.28. The summed E-state index contributed by atoms with van der Waals surface area (Å²) in [7, 11) is 1.65. The number of H-pyrrole nitrogens is 1. The van der Waals surface area contributed by atoms with Crippen LogP contribution in [0.3, 0.4) is 0 Å². The van der Waals surface area contributed by atoms with E-state index in [4.69, 9.17) is 4.74 Å². The van der Waals surface area contributed by atoms with Crippen LogP contribution in [0, 0.1) is 5.92 Å². The SMILES string of the molecule is COc1ccccc1CCNC(=O)[C@@H]1CCCN(C(=O)c2cc3ccccc3[nH]2)C1. The fourth-order valence-corrected chi connectivity index (χ4v) is 4.11. The largest absolute Gasteiger partial charge is 0.496 e. The van der Waals surface area contributed by atoms with Crippen LogP contribution in [-0.4, -0.2) is 48.4 Å². The normalized spacial score (nSPS) is 16.4. The Morgan fingerprint density at radius 3 is 2.80 bits per heavy atom. The third-order valence-corrected chi connectivity index (χ3v) is 5.73. The number of piperidine rings is 1. The first-order valence-corrected chi connectivity index (χ1v) is 10.4. The highest BCUT2D eigenvalue weighted by Crippen LogP contribution is 2.21. The molecule has 2 aromatic carbocycles. The van der Waals surface area contributed by atoms with Crippen LogP contribution < -0.4 is 10.1 Å². The number of amides is 2. The van der Waals surface area contributed by atoms with Gasteiger partial charge in [-0.25, -0.2) is 0 Å². The fourth-order valence-electron chi connectivity index (χ4n) is 4.11. The van der Waals surface area contributed by atoms with Gasteiger partial charge in [0.15, 0.2) is 0 Å². The number of carbonyl (C=O) groups excluding carboxylic acids is 2. The van der Waals surface area contributed by atoms with Crippen molar-refractivity contribution >= 4 is 22.7 Å². The lowest BCUT2D eigenvalue weighted by atomic mass is 9.96. The van der Waals surface area contributed by atoms with Crippen molar-refractivity contribution < 1.29 is 14.3 Å². The molecule has 1 saturated heterocycles. The summed E-state index contributed by atoms with van der Waals surface area (Å²) in [5.41, 5.74) is 2.59. The molecule has 0 radical (unpaired) electrons. The second kappa shape index (κ2) is 9.03. The van der Waals surface area contributed by atoms with Crippen molar-refractivity contribution in [3.8, 4) is 5.75 Å². The van der Waals surface area contributed by atoms with Gasteiger partial charge in [0.25, 0.3) is 5.91 Å². The average Bonchev–Trinajstić information content (AvgIpc) is 3.23. The Bertz CT molecular complexity index is 1010. The van der Waals surface area contributed by atoms with Crippen LogP contribution in [0.4, 0.5) is 0 Å². The predicted molar refractivity (Wildman–Crippen MR) is 117 cm³/mol. The number of nitrogens with zero attached hydrogens (tertiary/aromatic N) is 1. The lowest BCUT2D eigenvalue weighted by molar-refractivity contribution is -0.126. The van der Waals surface area contributed by atoms with E-state index in [-0.39, 0.29) is 17.7 Å². The number of benzene rings is 2. The summed E-state index contributed by atoms with van der Waals surface area (Å²) in [6.07, 6.45) is 2.34. The van der Waals surface area contributed by atoms with Gasteiger partial charge in [0, 0.05) is 30.5 Å². The Labute approximate surface area is 176 Å². The molecule has 2 N–H and O–H groups in total. The zero-order chi connectivity index (χ0) is 20.9. The zero-order valence-corrected chi connectivity index (χ0v) is 17.2. The van der Waals surface area contributed by atoms with Crippen molar-refractivity contribution in [2.24, 2.45) is 5.92 Å². The number of nitrogens with one attached hydrogen (secondary N) is 2. The van der Waals surface area contributed by atoms with E-state index in [0.717, 1.165) is 35.1 Å². The Kier molecular flexibility index (Phi) is 6.02. The second-order valence-electron chi connectivity index (χ2n) is 7.71. The molecule has 6 nitrogen and oxygen atoms in total. The molecule has 1 aromatic heterocycles. The summed E-state index contributed by atoms with van der Waals surface area (Å²) in [5.74, 6) is 0.626. The third-order valence-electron chi connectivity index (χ3n) is 5.73. The summed E-state index contributed by atoms with van der Waals surface area (Å²) in [6.45, 7) is 1.68. The zero-order valence-electron chi connectivity index (χ0n) is 17.2. The van der Waals surface area contributed by atoms with Crippen molar-refractivity contribution in [3.05, 3.63) is 65.9 Å². The lowest BCUT2D eigenvalue weighted by Gasteiger charge is -2.31. The van der Waals surface area contributed by atoms with Gasteiger partial charge in [-0.1, -0.05) is 36.4 Å². The van der Waals surface area contributed by atoms with Gasteiger partial charge in [0.2, 0.25) is 5.91 Å². The van der Waals surface area contributed by atoms with Crippen molar-refractivity contribution in [3.63, 3.8) is 0 Å². The summed E-state index contributed by atoms with van der Waals surface area (Å²) in [5, 5.41) is 4.05. The number of carbonyl (C=O) groups is 2. The van der Waals surface area contributed by atoms with Crippen LogP contribution in [0.2, 0.25) is 0 Å². The molecule has 2 heterocycles. The molecule has 2 amide bonds. The standard InChI is InChI=1S/C24H27N3O3/c1-30-22-11-5-3-7-17(22)12-13-25-23(28)19-9-6-14-27(16-19)24(29)21-15-18-8-2-4-10-20(18)26-21/h2-5,7-8,10-11,15,19,26H,6,9,12-14,16H2,1H3,(H,25,28)/t19-/m1/s1. The molecular weight excluding hydrogens is 378 g/mol. The maximum Gasteiger partial charge on any atom is 0.270 e. The molecule has 0 aliphatic carbocycles. The highest BCUT2D eigenvalue weighted by Gasteiger charge is 2.29. The topological polar surface area (TPSA) is 74.4 Å². The number of rotatable bonds is 6. The number of ether oxygens (including phenoxy) is 1. The molecule has 156 valence electrons. The quantitative estimate of drug-likeness (QED) is 0.660. The molecular formula is C24H27N3O3. The Balaban J connectivity index is 1.33. The average molecular weight is 405 g/mol. The number of para-hydroxylation sites is 2. The van der Waals surface area contributed by atoms with Crippen LogP contribution in [-0.2, 0) is 11.2 Å². The summed E-state index contributed by atoms with van der Waals surface area (Å²) in [6, 6.07) is 17.6. The van der Waals surface area contributed by atoms with E-state index in [2.05, 4.69) is 10.3 Å². The van der Waals surface area contributed by atoms with Gasteiger partial charge >= 0.3 is 0 Å². The van der Waals surface area contributed by atoms with Gasteiger partial charge in [-0.3, -0.25) is 9.59 Å². The van der Waals surface area contributed by atoms with Crippen molar-refractivity contribution in [2.45, 2.75) is 19.3 Å². The van der Waals surface area contributed by atoms with E-state index in [9.17, 15) is 9.59 Å². The maximum atomic E-state index is 13.0. The number of aromatic amines is 1. The molecule has 0 bridgehead atoms. The second-order valence-corrected chi connectivity index (χ2v) is 7.71. The number of fused-ring (bicyclic) bond motifs is 1. The minimum Gasteiger partial charge on any atom is -0.496 e. The molecule has 4 rings (SSSR count). The minimum atomic E-state index is -0.176. The van der Waals surface area contributed by atoms with E-state index in [1.807, 2.05) is 54.6 Å². The van der Waals surface area contributed by atoms with Gasteiger partial charge in [0.05, 0.1) is 13.0 Å². The number of methoxy groups -OCH3 is 1. The van der Waals surface area contributed by atoms with Crippen molar-refractivity contribution in [1.82, 2.24) is 15.2 Å². The molecule has 1 aliphatic rings. The van der Waals surface area contributed by atoms with Crippen LogP contribution in [0.1, 0.15) is 28.9 Å². The smallest absolute Gasteiger partial charge is 0.270 e. The van der Waals surface area contributed by atoms with E-state index >= 15 is 0 Å². The molecule has 30 heavy (non-hydrogen) atoms. The predicted octanol–water partition coefficient (Wildman–Crippen LogP) is 3.39. The van der Waals surface area contributed by atoms with Gasteiger partial charge in [-0.2, -0.15) is 0 Å². The van der Waals surface area contributed by atoms with Gasteiger partial charge in [-0.15, -0.1) is 0 Å². The van der Waals surface area contributed by atoms with Gasteiger partial charge in [0.1, 0.15) is 11.4 Å². The first kappa shape index (κ1) is 20.0. The van der Waals surface area contributed by atoms with Crippen LogP contribution in [0.25, 0.3) is 10.9 Å². The molecule has 3 aromatic rings. The molecule has 6 heteroatoms. The summed E-state index contributed by atoms with van der Waals surface area (Å²) < 4.78 is 5.36. The van der Waals surface area contributed by atoms with Crippen LogP contribution in [0.15, 0.2) is 54.6 Å². The number of hydrogen-bond acceptors (Lipinski definition) is 3. The van der Waals surface area contributed by atoms with Crippen molar-refractivity contribution in [2.75, 3.05) is 26.7 Å². The first-order chi connectivity index (χ1) is 14.7. The van der Waals surface area contributed by atoms with Gasteiger partial charge in [-0.05, 0) is 43.0 Å². The first-order valence-electron chi connectivity index (χ1n) is 10.4. The molecule has 1 fully saturated rings. The van der Waals surface area contributed by atoms with Gasteiger partial charge < -0.3 is 19.9 Å². The molecule has 0 spiro atoms. The summed E-state index contributed by atoms with van der Waals surface area (Å²) >= 11 is 0. The van der Waals surface area contributed by atoms with Crippen molar-refractivity contribution in [1.29, 1.82) is 0 Å². The monoisotopic (exact) mass is 405 g/mol. The minimum absolute atomic E-state index is 0.0130. The third kappa shape index (κ3) is 4.32. The molecule has 1 aliphatic heterocycles. The highest BCUT2D eigenvalue weighted by molar-refractivity contribution is 5.98. The molecule has 0 unspecified atom stereocenters. The summed E-state index contributed by atoms with van der Waals surface area (Å²) in [4.78, 5) is 30.6. The maximum absolute atomic E-state index is 13.0. The van der Waals surface area contributed by atoms with E-state index in [1.165, 1.54) is 0 Å². The van der Waals surface area contributed by atoms with E-state index in [1.54, 1.807) is 12.0 Å². The number of hydrogen-bond donors (Lipinski definition) is 2. The molecule has 0 saturated carbocycles. The lowest BCUT2D eigenvalue weighted by Crippen LogP contribution is -2.45. The Morgan fingerprint density at radius 2 is 1.97 bits per heavy atom.